The maximum Gasteiger partial charge on any atom is 0.251 e. The van der Waals surface area contributed by atoms with Gasteiger partial charge in [-0.1, -0.05) is 17.7 Å². The molecule has 1 amide bonds. The molecule has 4 heteroatoms. The molecule has 0 spiro atoms. The molecule has 104 valence electrons. The van der Waals surface area contributed by atoms with Crippen LogP contribution in [-0.4, -0.2) is 43.0 Å². The Hall–Kier alpha value is -1.39. The van der Waals surface area contributed by atoms with Crippen LogP contribution in [0.2, 0.25) is 0 Å². The molecule has 0 radical (unpaired) electrons. The predicted molar refractivity (Wildman–Crippen MR) is 77.2 cm³/mol. The van der Waals surface area contributed by atoms with E-state index in [1.807, 2.05) is 31.2 Å². The van der Waals surface area contributed by atoms with E-state index in [0.29, 0.717) is 12.6 Å². The Labute approximate surface area is 115 Å². The number of nitrogens with zero attached hydrogens (tertiary/aromatic N) is 1. The van der Waals surface area contributed by atoms with Gasteiger partial charge in [0, 0.05) is 37.8 Å². The number of carbonyl (C=O) groups excluding carboxylic acids is 1. The third-order valence-corrected chi connectivity index (χ3v) is 3.68. The zero-order valence-corrected chi connectivity index (χ0v) is 11.6. The van der Waals surface area contributed by atoms with Crippen LogP contribution < -0.4 is 11.1 Å². The van der Waals surface area contributed by atoms with E-state index in [1.54, 1.807) is 0 Å². The van der Waals surface area contributed by atoms with Crippen LogP contribution in [0.25, 0.3) is 0 Å². The fourth-order valence-corrected chi connectivity index (χ4v) is 2.46. The summed E-state index contributed by atoms with van der Waals surface area (Å²) >= 11 is 0. The summed E-state index contributed by atoms with van der Waals surface area (Å²) < 4.78 is 0. The molecule has 1 saturated heterocycles. The van der Waals surface area contributed by atoms with Gasteiger partial charge in [0.2, 0.25) is 0 Å². The number of likely N-dealkylation sites (tertiary alicyclic amines) is 1. The quantitative estimate of drug-likeness (QED) is 0.855. The van der Waals surface area contributed by atoms with Crippen LogP contribution in [0, 0.1) is 6.92 Å². The van der Waals surface area contributed by atoms with E-state index in [-0.39, 0.29) is 5.91 Å². The molecule has 19 heavy (non-hydrogen) atoms. The molecule has 1 aromatic rings. The van der Waals surface area contributed by atoms with E-state index < -0.39 is 0 Å². The summed E-state index contributed by atoms with van der Waals surface area (Å²) in [6.45, 7) is 5.74. The molecule has 2 rings (SSSR count). The van der Waals surface area contributed by atoms with Crippen molar-refractivity contribution in [2.24, 2.45) is 5.73 Å². The summed E-state index contributed by atoms with van der Waals surface area (Å²) in [5.41, 5.74) is 7.47. The first-order chi connectivity index (χ1) is 9.19. The van der Waals surface area contributed by atoms with Gasteiger partial charge in [0.05, 0.1) is 0 Å². The fourth-order valence-electron chi connectivity index (χ4n) is 2.46. The fraction of sp³-hybridized carbons (Fsp3) is 0.533. The summed E-state index contributed by atoms with van der Waals surface area (Å²) in [6.07, 6.45) is 2.02. The Balaban J connectivity index is 1.82. The zero-order valence-electron chi connectivity index (χ0n) is 11.6. The van der Waals surface area contributed by atoms with E-state index in [2.05, 4.69) is 10.2 Å². The number of carbonyl (C=O) groups is 1. The van der Waals surface area contributed by atoms with Crippen LogP contribution in [0.1, 0.15) is 28.8 Å². The third kappa shape index (κ3) is 4.04. The first-order valence-corrected chi connectivity index (χ1v) is 6.99. The van der Waals surface area contributed by atoms with Gasteiger partial charge in [0.25, 0.3) is 5.91 Å². The summed E-state index contributed by atoms with van der Waals surface area (Å²) in [4.78, 5) is 14.4. The third-order valence-electron chi connectivity index (χ3n) is 3.68. The molecule has 1 aliphatic heterocycles. The Morgan fingerprint density at radius 3 is 2.53 bits per heavy atom. The average molecular weight is 261 g/mol. The van der Waals surface area contributed by atoms with Crippen molar-refractivity contribution in [2.75, 3.05) is 26.2 Å². The number of nitrogens with two attached hydrogens (primary N) is 1. The first kappa shape index (κ1) is 14.0. The van der Waals surface area contributed by atoms with E-state index in [9.17, 15) is 4.79 Å². The lowest BCUT2D eigenvalue weighted by molar-refractivity contribution is 0.0912. The van der Waals surface area contributed by atoms with E-state index in [4.69, 9.17) is 5.73 Å². The molecule has 0 unspecified atom stereocenters. The Morgan fingerprint density at radius 1 is 1.32 bits per heavy atom. The van der Waals surface area contributed by atoms with E-state index in [0.717, 1.165) is 38.0 Å². The molecule has 4 nitrogen and oxygen atoms in total. The van der Waals surface area contributed by atoms with Crippen molar-refractivity contribution >= 4 is 5.91 Å². The SMILES string of the molecule is Cc1ccc(C(=O)NC2CCN(CCN)CC2)cc1. The summed E-state index contributed by atoms with van der Waals surface area (Å²) in [6, 6.07) is 8.00. The van der Waals surface area contributed by atoms with Crippen molar-refractivity contribution < 1.29 is 4.79 Å². The van der Waals surface area contributed by atoms with Gasteiger partial charge in [0.15, 0.2) is 0 Å². The van der Waals surface area contributed by atoms with Gasteiger partial charge in [-0.25, -0.2) is 0 Å². The molecule has 0 aliphatic carbocycles. The number of amides is 1. The van der Waals surface area contributed by atoms with Gasteiger partial charge in [-0.3, -0.25) is 4.79 Å². The van der Waals surface area contributed by atoms with Crippen LogP contribution in [0.3, 0.4) is 0 Å². The van der Waals surface area contributed by atoms with Crippen molar-refractivity contribution in [2.45, 2.75) is 25.8 Å². The Morgan fingerprint density at radius 2 is 1.95 bits per heavy atom. The zero-order chi connectivity index (χ0) is 13.7. The van der Waals surface area contributed by atoms with Gasteiger partial charge in [0.1, 0.15) is 0 Å². The number of aryl methyl sites for hydroxylation is 1. The van der Waals surface area contributed by atoms with Gasteiger partial charge in [-0.05, 0) is 31.9 Å². The van der Waals surface area contributed by atoms with Gasteiger partial charge < -0.3 is 16.0 Å². The average Bonchev–Trinajstić information content (AvgIpc) is 2.42. The molecule has 1 aliphatic rings. The molecule has 0 bridgehead atoms. The van der Waals surface area contributed by atoms with Crippen LogP contribution in [0.5, 0.6) is 0 Å². The highest BCUT2D eigenvalue weighted by Gasteiger charge is 2.20. The largest absolute Gasteiger partial charge is 0.349 e. The monoisotopic (exact) mass is 261 g/mol. The standard InChI is InChI=1S/C15H23N3O/c1-12-2-4-13(5-3-12)15(19)17-14-6-9-18(10-7-14)11-8-16/h2-5,14H,6-11,16H2,1H3,(H,17,19). The topological polar surface area (TPSA) is 58.4 Å². The minimum atomic E-state index is 0.0391. The number of hydrogen-bond acceptors (Lipinski definition) is 3. The number of rotatable bonds is 4. The molecular formula is C15H23N3O. The van der Waals surface area contributed by atoms with Gasteiger partial charge in [-0.15, -0.1) is 0 Å². The molecular weight excluding hydrogens is 238 g/mol. The number of piperidine rings is 1. The van der Waals surface area contributed by atoms with Crippen molar-refractivity contribution in [1.29, 1.82) is 0 Å². The summed E-state index contributed by atoms with van der Waals surface area (Å²) in [7, 11) is 0. The Kier molecular flexibility index (Phi) is 4.93. The van der Waals surface area contributed by atoms with Crippen LogP contribution in [-0.2, 0) is 0 Å². The van der Waals surface area contributed by atoms with Crippen LogP contribution >= 0.6 is 0 Å². The smallest absolute Gasteiger partial charge is 0.251 e. The van der Waals surface area contributed by atoms with Gasteiger partial charge >= 0.3 is 0 Å². The molecule has 1 fully saturated rings. The lowest BCUT2D eigenvalue weighted by Crippen LogP contribution is -2.45. The number of nitrogens with one attached hydrogen (secondary N) is 1. The van der Waals surface area contributed by atoms with E-state index in [1.165, 1.54) is 5.56 Å². The first-order valence-electron chi connectivity index (χ1n) is 6.99. The summed E-state index contributed by atoms with van der Waals surface area (Å²) in [5.74, 6) is 0.0391. The molecule has 0 atom stereocenters. The van der Waals surface area contributed by atoms with Crippen molar-refractivity contribution in [3.63, 3.8) is 0 Å². The number of hydrogen-bond donors (Lipinski definition) is 2. The highest BCUT2D eigenvalue weighted by atomic mass is 16.1. The highest BCUT2D eigenvalue weighted by molar-refractivity contribution is 5.94. The number of benzene rings is 1. The highest BCUT2D eigenvalue weighted by Crippen LogP contribution is 2.11. The second kappa shape index (κ2) is 6.68. The molecule has 0 saturated carbocycles. The minimum Gasteiger partial charge on any atom is -0.349 e. The molecule has 1 aromatic carbocycles. The van der Waals surface area contributed by atoms with Crippen LogP contribution in [0.4, 0.5) is 0 Å². The lowest BCUT2D eigenvalue weighted by Gasteiger charge is -2.32. The predicted octanol–water partition coefficient (Wildman–Crippen LogP) is 1.15. The second-order valence-corrected chi connectivity index (χ2v) is 5.24. The molecule has 1 heterocycles. The lowest BCUT2D eigenvalue weighted by atomic mass is 10.0. The maximum atomic E-state index is 12.1. The normalized spacial score (nSPS) is 17.4. The van der Waals surface area contributed by atoms with Crippen molar-refractivity contribution in [1.82, 2.24) is 10.2 Å². The molecule has 3 N–H and O–H groups in total. The Bertz CT molecular complexity index is 408. The second-order valence-electron chi connectivity index (χ2n) is 5.24. The van der Waals surface area contributed by atoms with Crippen molar-refractivity contribution in [3.8, 4) is 0 Å². The molecule has 0 aromatic heterocycles. The van der Waals surface area contributed by atoms with Crippen LogP contribution in [0.15, 0.2) is 24.3 Å². The maximum absolute atomic E-state index is 12.1. The van der Waals surface area contributed by atoms with E-state index >= 15 is 0 Å². The summed E-state index contributed by atoms with van der Waals surface area (Å²) in [5, 5.41) is 3.12. The van der Waals surface area contributed by atoms with Crippen molar-refractivity contribution in [3.05, 3.63) is 35.4 Å². The van der Waals surface area contributed by atoms with Gasteiger partial charge in [-0.2, -0.15) is 0 Å². The minimum absolute atomic E-state index is 0.0391.